The van der Waals surface area contributed by atoms with Gasteiger partial charge in [-0.25, -0.2) is 0 Å². The first-order chi connectivity index (χ1) is 7.38. The molecule has 0 bridgehead atoms. The minimum absolute atomic E-state index is 0.506. The van der Waals surface area contributed by atoms with E-state index in [-0.39, 0.29) is 0 Å². The molecule has 2 aliphatic rings. The highest BCUT2D eigenvalue weighted by Crippen LogP contribution is 2.30. The summed E-state index contributed by atoms with van der Waals surface area (Å²) in [6.07, 6.45) is 6.88. The molecule has 0 amide bonds. The quantitative estimate of drug-likeness (QED) is 0.673. The summed E-state index contributed by atoms with van der Waals surface area (Å²) in [5.41, 5.74) is 5.44. The summed E-state index contributed by atoms with van der Waals surface area (Å²) in [5.74, 6) is 1.03. The standard InChI is InChI=1S/C12H24N2O/c13-6-1-9-15-12-4-7-14(8-5-12)10-11-2-3-11/h11-12H,1-10,13H2. The number of nitrogens with zero attached hydrogens (tertiary/aromatic N) is 1. The maximum Gasteiger partial charge on any atom is 0.0599 e. The van der Waals surface area contributed by atoms with Crippen molar-refractivity contribution in [2.75, 3.05) is 32.8 Å². The first kappa shape index (κ1) is 11.4. The maximum atomic E-state index is 5.79. The van der Waals surface area contributed by atoms with Crippen LogP contribution in [0.5, 0.6) is 0 Å². The van der Waals surface area contributed by atoms with E-state index in [0.717, 1.165) is 25.5 Å². The molecule has 3 heteroatoms. The Morgan fingerprint density at radius 3 is 2.47 bits per heavy atom. The van der Waals surface area contributed by atoms with Gasteiger partial charge in [0.1, 0.15) is 0 Å². The molecule has 2 fully saturated rings. The van der Waals surface area contributed by atoms with Gasteiger partial charge in [-0.05, 0) is 44.6 Å². The van der Waals surface area contributed by atoms with Gasteiger partial charge in [0, 0.05) is 26.2 Å². The van der Waals surface area contributed by atoms with Gasteiger partial charge in [-0.2, -0.15) is 0 Å². The maximum absolute atomic E-state index is 5.79. The molecule has 0 atom stereocenters. The smallest absolute Gasteiger partial charge is 0.0599 e. The Morgan fingerprint density at radius 2 is 1.87 bits per heavy atom. The first-order valence-corrected chi connectivity index (χ1v) is 6.42. The van der Waals surface area contributed by atoms with Gasteiger partial charge in [0.05, 0.1) is 6.10 Å². The minimum Gasteiger partial charge on any atom is -0.378 e. The molecule has 1 aliphatic carbocycles. The zero-order chi connectivity index (χ0) is 10.5. The molecular formula is C12H24N2O. The summed E-state index contributed by atoms with van der Waals surface area (Å²) < 4.78 is 5.79. The summed E-state index contributed by atoms with van der Waals surface area (Å²) in [6, 6.07) is 0. The first-order valence-electron chi connectivity index (χ1n) is 6.42. The van der Waals surface area contributed by atoms with E-state index in [9.17, 15) is 0 Å². The van der Waals surface area contributed by atoms with Crippen LogP contribution in [0.4, 0.5) is 0 Å². The zero-order valence-electron chi connectivity index (χ0n) is 9.66. The molecule has 0 spiro atoms. The Bertz CT molecular complexity index is 174. The number of rotatable bonds is 6. The summed E-state index contributed by atoms with van der Waals surface area (Å²) in [5, 5.41) is 0. The van der Waals surface area contributed by atoms with Crippen molar-refractivity contribution in [1.29, 1.82) is 0 Å². The van der Waals surface area contributed by atoms with Crippen LogP contribution in [-0.2, 0) is 4.74 Å². The average molecular weight is 212 g/mol. The molecule has 3 nitrogen and oxygen atoms in total. The monoisotopic (exact) mass is 212 g/mol. The number of nitrogens with two attached hydrogens (primary N) is 1. The van der Waals surface area contributed by atoms with Gasteiger partial charge in [-0.15, -0.1) is 0 Å². The van der Waals surface area contributed by atoms with Crippen molar-refractivity contribution in [3.8, 4) is 0 Å². The van der Waals surface area contributed by atoms with E-state index < -0.39 is 0 Å². The van der Waals surface area contributed by atoms with Gasteiger partial charge in [-0.3, -0.25) is 0 Å². The fourth-order valence-electron chi connectivity index (χ4n) is 2.26. The second kappa shape index (κ2) is 5.83. The van der Waals surface area contributed by atoms with Gasteiger partial charge in [0.15, 0.2) is 0 Å². The van der Waals surface area contributed by atoms with Crippen molar-refractivity contribution in [2.24, 2.45) is 11.7 Å². The van der Waals surface area contributed by atoms with Crippen LogP contribution in [0.25, 0.3) is 0 Å². The van der Waals surface area contributed by atoms with Crippen molar-refractivity contribution in [3.63, 3.8) is 0 Å². The lowest BCUT2D eigenvalue weighted by Gasteiger charge is -2.31. The molecule has 2 N–H and O–H groups in total. The van der Waals surface area contributed by atoms with Gasteiger partial charge < -0.3 is 15.4 Å². The van der Waals surface area contributed by atoms with E-state index in [1.807, 2.05) is 0 Å². The molecule has 0 aromatic carbocycles. The molecule has 0 unspecified atom stereocenters. The second-order valence-corrected chi connectivity index (χ2v) is 4.96. The highest BCUT2D eigenvalue weighted by Gasteiger charge is 2.27. The number of likely N-dealkylation sites (tertiary alicyclic amines) is 1. The highest BCUT2D eigenvalue weighted by molar-refractivity contribution is 4.80. The summed E-state index contributed by atoms with van der Waals surface area (Å²) >= 11 is 0. The molecule has 15 heavy (non-hydrogen) atoms. The van der Waals surface area contributed by atoms with Gasteiger partial charge in [0.25, 0.3) is 0 Å². The van der Waals surface area contributed by atoms with Crippen molar-refractivity contribution >= 4 is 0 Å². The van der Waals surface area contributed by atoms with E-state index in [1.54, 1.807) is 0 Å². The van der Waals surface area contributed by atoms with Crippen molar-refractivity contribution in [1.82, 2.24) is 4.90 Å². The lowest BCUT2D eigenvalue weighted by Crippen LogP contribution is -2.38. The molecule has 0 radical (unpaired) electrons. The Balaban J connectivity index is 1.54. The molecule has 1 aliphatic heterocycles. The third kappa shape index (κ3) is 4.09. The van der Waals surface area contributed by atoms with E-state index >= 15 is 0 Å². The van der Waals surface area contributed by atoms with Crippen molar-refractivity contribution in [2.45, 2.75) is 38.2 Å². The van der Waals surface area contributed by atoms with Crippen LogP contribution >= 0.6 is 0 Å². The fraction of sp³-hybridized carbons (Fsp3) is 1.00. The molecule has 0 aromatic heterocycles. The van der Waals surface area contributed by atoms with E-state index in [1.165, 1.54) is 45.3 Å². The van der Waals surface area contributed by atoms with Crippen LogP contribution in [0.15, 0.2) is 0 Å². The lowest BCUT2D eigenvalue weighted by molar-refractivity contribution is 0.00644. The average Bonchev–Trinajstić information content (AvgIpc) is 3.05. The third-order valence-electron chi connectivity index (χ3n) is 3.45. The normalized spacial score (nSPS) is 24.6. The van der Waals surface area contributed by atoms with Gasteiger partial charge in [-0.1, -0.05) is 0 Å². The van der Waals surface area contributed by atoms with Gasteiger partial charge in [0.2, 0.25) is 0 Å². The fourth-order valence-corrected chi connectivity index (χ4v) is 2.26. The number of piperidine rings is 1. The Labute approximate surface area is 93.0 Å². The summed E-state index contributed by atoms with van der Waals surface area (Å²) in [6.45, 7) is 5.42. The molecular weight excluding hydrogens is 188 g/mol. The van der Waals surface area contributed by atoms with Crippen LogP contribution in [0.2, 0.25) is 0 Å². The number of hydrogen-bond donors (Lipinski definition) is 1. The van der Waals surface area contributed by atoms with Crippen LogP contribution in [0, 0.1) is 5.92 Å². The molecule has 1 saturated heterocycles. The van der Waals surface area contributed by atoms with E-state index in [2.05, 4.69) is 4.90 Å². The SMILES string of the molecule is NCCCOC1CCN(CC2CC2)CC1. The summed E-state index contributed by atoms with van der Waals surface area (Å²) in [4.78, 5) is 2.61. The van der Waals surface area contributed by atoms with Crippen LogP contribution in [-0.4, -0.2) is 43.8 Å². The topological polar surface area (TPSA) is 38.5 Å². The highest BCUT2D eigenvalue weighted by atomic mass is 16.5. The molecule has 88 valence electrons. The largest absolute Gasteiger partial charge is 0.378 e. The van der Waals surface area contributed by atoms with Crippen LogP contribution in [0.3, 0.4) is 0 Å². The van der Waals surface area contributed by atoms with Crippen molar-refractivity contribution in [3.05, 3.63) is 0 Å². The Hall–Kier alpha value is -0.120. The Morgan fingerprint density at radius 1 is 1.13 bits per heavy atom. The predicted molar refractivity (Wildman–Crippen MR) is 61.8 cm³/mol. The predicted octanol–water partition coefficient (Wildman–Crippen LogP) is 1.23. The molecule has 1 saturated carbocycles. The number of hydrogen-bond acceptors (Lipinski definition) is 3. The summed E-state index contributed by atoms with van der Waals surface area (Å²) in [7, 11) is 0. The number of ether oxygens (including phenoxy) is 1. The Kier molecular flexibility index (Phi) is 4.42. The molecule has 2 rings (SSSR count). The second-order valence-electron chi connectivity index (χ2n) is 4.96. The third-order valence-corrected chi connectivity index (χ3v) is 3.45. The van der Waals surface area contributed by atoms with Crippen LogP contribution in [0.1, 0.15) is 32.1 Å². The minimum atomic E-state index is 0.506. The lowest BCUT2D eigenvalue weighted by atomic mass is 10.1. The van der Waals surface area contributed by atoms with E-state index in [0.29, 0.717) is 6.10 Å². The molecule has 1 heterocycles. The van der Waals surface area contributed by atoms with Crippen LogP contribution < -0.4 is 5.73 Å². The molecule has 0 aromatic rings. The van der Waals surface area contributed by atoms with E-state index in [4.69, 9.17) is 10.5 Å². The van der Waals surface area contributed by atoms with Gasteiger partial charge >= 0.3 is 0 Å². The zero-order valence-corrected chi connectivity index (χ0v) is 9.66. The van der Waals surface area contributed by atoms with Crippen molar-refractivity contribution < 1.29 is 4.74 Å².